The molecule has 2 aromatic heterocycles. The minimum Gasteiger partial charge on any atom is -0.490 e. The summed E-state index contributed by atoms with van der Waals surface area (Å²) in [5, 5.41) is 8.72. The Morgan fingerprint density at radius 1 is 1.40 bits per heavy atom. The van der Waals surface area contributed by atoms with Crippen molar-refractivity contribution >= 4 is 16.8 Å². The van der Waals surface area contributed by atoms with Crippen molar-refractivity contribution in [3.05, 3.63) is 36.2 Å². The maximum Gasteiger partial charge on any atom is 0.178 e. The highest BCUT2D eigenvalue weighted by Crippen LogP contribution is 2.33. The average molecular weight is 272 g/mol. The molecule has 2 N–H and O–H groups in total. The molecule has 0 atom stereocenters. The first-order chi connectivity index (χ1) is 9.63. The highest BCUT2D eigenvalue weighted by Gasteiger charge is 2.15. The van der Waals surface area contributed by atoms with Gasteiger partial charge in [-0.3, -0.25) is 4.68 Å². The number of hydrogen-bond donors (Lipinski definition) is 1. The molecule has 0 saturated carbocycles. The fourth-order valence-electron chi connectivity index (χ4n) is 2.13. The molecule has 0 bridgehead atoms. The van der Waals surface area contributed by atoms with Gasteiger partial charge in [0, 0.05) is 12.4 Å². The average Bonchev–Trinajstić information content (AvgIpc) is 2.99. The van der Waals surface area contributed by atoms with E-state index < -0.39 is 0 Å². The Labute approximate surface area is 116 Å². The third-order valence-corrected chi connectivity index (χ3v) is 2.89. The summed E-state index contributed by atoms with van der Waals surface area (Å²) in [4.78, 5) is 0. The molecular formula is C14H16N4O2. The molecule has 0 aliphatic heterocycles. The van der Waals surface area contributed by atoms with Crippen LogP contribution >= 0.6 is 0 Å². The van der Waals surface area contributed by atoms with E-state index in [9.17, 15) is 0 Å². The van der Waals surface area contributed by atoms with Crippen molar-refractivity contribution in [2.45, 2.75) is 26.5 Å². The van der Waals surface area contributed by atoms with E-state index in [-0.39, 0.29) is 6.10 Å². The topological polar surface area (TPSA) is 79.1 Å². The molecule has 0 amide bonds. The van der Waals surface area contributed by atoms with Crippen molar-refractivity contribution in [2.24, 2.45) is 0 Å². The van der Waals surface area contributed by atoms with Crippen molar-refractivity contribution in [1.29, 1.82) is 0 Å². The zero-order chi connectivity index (χ0) is 14.1. The summed E-state index contributed by atoms with van der Waals surface area (Å²) in [6, 6.07) is 5.75. The minimum atomic E-state index is 0.0486. The summed E-state index contributed by atoms with van der Waals surface area (Å²) in [7, 11) is 0. The Bertz CT molecular complexity index is 716. The third-order valence-electron chi connectivity index (χ3n) is 2.89. The van der Waals surface area contributed by atoms with Gasteiger partial charge in [0.2, 0.25) is 0 Å². The van der Waals surface area contributed by atoms with Gasteiger partial charge in [-0.2, -0.15) is 5.10 Å². The predicted molar refractivity (Wildman–Crippen MR) is 75.5 cm³/mol. The van der Waals surface area contributed by atoms with Crippen LogP contribution in [-0.2, 0) is 6.54 Å². The molecule has 6 heteroatoms. The number of rotatable bonds is 4. The standard InChI is InChI=1S/C14H16N4O2/c1-9(2)19-11-6-10(8-18-5-3-4-16-18)7-12-13(11)14(15)17-20-12/h3-7,9H,8H2,1-2H3,(H2,15,17). The molecule has 6 nitrogen and oxygen atoms in total. The van der Waals surface area contributed by atoms with E-state index in [0.29, 0.717) is 23.7 Å². The summed E-state index contributed by atoms with van der Waals surface area (Å²) < 4.78 is 12.9. The fourth-order valence-corrected chi connectivity index (χ4v) is 2.13. The molecule has 0 fully saturated rings. The summed E-state index contributed by atoms with van der Waals surface area (Å²) in [6.45, 7) is 4.57. The highest BCUT2D eigenvalue weighted by molar-refractivity contribution is 5.93. The van der Waals surface area contributed by atoms with E-state index in [1.54, 1.807) is 6.20 Å². The van der Waals surface area contributed by atoms with Gasteiger partial charge in [-0.05, 0) is 37.6 Å². The van der Waals surface area contributed by atoms with E-state index in [2.05, 4.69) is 10.3 Å². The predicted octanol–water partition coefficient (Wildman–Crippen LogP) is 2.44. The van der Waals surface area contributed by atoms with Crippen LogP contribution in [0.15, 0.2) is 35.1 Å². The lowest BCUT2D eigenvalue weighted by Gasteiger charge is -2.12. The lowest BCUT2D eigenvalue weighted by atomic mass is 10.1. The van der Waals surface area contributed by atoms with Crippen LogP contribution in [0.5, 0.6) is 5.75 Å². The summed E-state index contributed by atoms with van der Waals surface area (Å²) in [6.07, 6.45) is 3.70. The second-order valence-electron chi connectivity index (χ2n) is 4.91. The Balaban J connectivity index is 2.05. The van der Waals surface area contributed by atoms with Gasteiger partial charge in [0.25, 0.3) is 0 Å². The molecule has 0 spiro atoms. The van der Waals surface area contributed by atoms with Crippen LogP contribution in [0.4, 0.5) is 5.82 Å². The number of nitrogen functional groups attached to an aromatic ring is 1. The molecule has 0 saturated heterocycles. The second kappa shape index (κ2) is 4.88. The van der Waals surface area contributed by atoms with Crippen molar-refractivity contribution in [3.63, 3.8) is 0 Å². The summed E-state index contributed by atoms with van der Waals surface area (Å²) in [5.41, 5.74) is 7.49. The van der Waals surface area contributed by atoms with E-state index >= 15 is 0 Å². The minimum absolute atomic E-state index is 0.0486. The van der Waals surface area contributed by atoms with Gasteiger partial charge in [-0.1, -0.05) is 5.16 Å². The quantitative estimate of drug-likeness (QED) is 0.789. The van der Waals surface area contributed by atoms with Crippen LogP contribution in [0.3, 0.4) is 0 Å². The number of benzene rings is 1. The van der Waals surface area contributed by atoms with Crippen molar-refractivity contribution in [2.75, 3.05) is 5.73 Å². The van der Waals surface area contributed by atoms with Crippen LogP contribution in [0.2, 0.25) is 0 Å². The van der Waals surface area contributed by atoms with Crippen LogP contribution in [0, 0.1) is 0 Å². The maximum absolute atomic E-state index is 5.84. The van der Waals surface area contributed by atoms with Crippen molar-refractivity contribution in [3.8, 4) is 5.75 Å². The van der Waals surface area contributed by atoms with Crippen molar-refractivity contribution < 1.29 is 9.26 Å². The number of aromatic nitrogens is 3. The summed E-state index contributed by atoms with van der Waals surface area (Å²) >= 11 is 0. The lowest BCUT2D eigenvalue weighted by molar-refractivity contribution is 0.245. The molecule has 20 heavy (non-hydrogen) atoms. The molecule has 3 aromatic rings. The number of ether oxygens (including phenoxy) is 1. The fraction of sp³-hybridized carbons (Fsp3) is 0.286. The molecule has 0 radical (unpaired) electrons. The van der Waals surface area contributed by atoms with Crippen LogP contribution in [0.1, 0.15) is 19.4 Å². The zero-order valence-electron chi connectivity index (χ0n) is 11.4. The second-order valence-corrected chi connectivity index (χ2v) is 4.91. The molecule has 104 valence electrons. The van der Waals surface area contributed by atoms with E-state index in [1.165, 1.54) is 0 Å². The first-order valence-corrected chi connectivity index (χ1v) is 6.45. The normalized spacial score (nSPS) is 11.3. The molecule has 0 aliphatic carbocycles. The van der Waals surface area contributed by atoms with E-state index in [0.717, 1.165) is 10.9 Å². The molecule has 0 aliphatic rings. The van der Waals surface area contributed by atoms with Gasteiger partial charge in [0.1, 0.15) is 11.1 Å². The number of anilines is 1. The Morgan fingerprint density at radius 2 is 2.25 bits per heavy atom. The van der Waals surface area contributed by atoms with Crippen molar-refractivity contribution in [1.82, 2.24) is 14.9 Å². The van der Waals surface area contributed by atoms with Gasteiger partial charge in [-0.25, -0.2) is 0 Å². The van der Waals surface area contributed by atoms with Gasteiger partial charge in [0.05, 0.1) is 12.6 Å². The van der Waals surface area contributed by atoms with E-state index in [4.69, 9.17) is 15.0 Å². The largest absolute Gasteiger partial charge is 0.490 e. The highest BCUT2D eigenvalue weighted by atomic mass is 16.5. The van der Waals surface area contributed by atoms with Gasteiger partial charge in [-0.15, -0.1) is 0 Å². The number of nitrogens with two attached hydrogens (primary N) is 1. The molecule has 0 unspecified atom stereocenters. The zero-order valence-corrected chi connectivity index (χ0v) is 11.4. The SMILES string of the molecule is CC(C)Oc1cc(Cn2cccn2)cc2onc(N)c12. The Morgan fingerprint density at radius 3 is 2.95 bits per heavy atom. The smallest absolute Gasteiger partial charge is 0.178 e. The Kier molecular flexibility index (Phi) is 3.06. The van der Waals surface area contributed by atoms with Gasteiger partial charge in [0.15, 0.2) is 11.4 Å². The van der Waals surface area contributed by atoms with Crippen LogP contribution in [-0.4, -0.2) is 21.0 Å². The van der Waals surface area contributed by atoms with Gasteiger partial charge < -0.3 is 15.0 Å². The third kappa shape index (κ3) is 2.32. The van der Waals surface area contributed by atoms with Crippen LogP contribution < -0.4 is 10.5 Å². The lowest BCUT2D eigenvalue weighted by Crippen LogP contribution is -2.07. The molecular weight excluding hydrogens is 256 g/mol. The Hall–Kier alpha value is -2.50. The molecule has 2 heterocycles. The molecule has 1 aromatic carbocycles. The number of nitrogens with zero attached hydrogens (tertiary/aromatic N) is 3. The monoisotopic (exact) mass is 272 g/mol. The first-order valence-electron chi connectivity index (χ1n) is 6.45. The number of fused-ring (bicyclic) bond motifs is 1. The number of hydrogen-bond acceptors (Lipinski definition) is 5. The van der Waals surface area contributed by atoms with Crippen LogP contribution in [0.25, 0.3) is 11.0 Å². The summed E-state index contributed by atoms with van der Waals surface area (Å²) in [5.74, 6) is 1.04. The first kappa shape index (κ1) is 12.5. The molecule has 3 rings (SSSR count). The van der Waals surface area contributed by atoms with Gasteiger partial charge >= 0.3 is 0 Å². The maximum atomic E-state index is 5.84. The van der Waals surface area contributed by atoms with E-state index in [1.807, 2.05) is 42.9 Å².